The van der Waals surface area contributed by atoms with Crippen LogP contribution in [0.15, 0.2) is 36.5 Å². The van der Waals surface area contributed by atoms with Gasteiger partial charge < -0.3 is 5.32 Å². The van der Waals surface area contributed by atoms with Gasteiger partial charge in [0, 0.05) is 16.8 Å². The van der Waals surface area contributed by atoms with Crippen molar-refractivity contribution in [2.24, 2.45) is 0 Å². The number of carbonyl (C=O) groups is 1. The van der Waals surface area contributed by atoms with Gasteiger partial charge in [-0.2, -0.15) is 9.94 Å². The zero-order valence-electron chi connectivity index (χ0n) is 16.1. The first-order valence-electron chi connectivity index (χ1n) is 9.36. The molecule has 1 atom stereocenters. The lowest BCUT2D eigenvalue weighted by molar-refractivity contribution is 0.0937. The number of amides is 1. The first kappa shape index (κ1) is 19.1. The molecule has 8 heteroatoms. The molecule has 1 aliphatic carbocycles. The standard InChI is InChI=1S/C21H19ClN6O/c1-12(25-21(29)17-7-16(15-4-5-15)8-18(22)9-17)20-26-13(2)27-28(20)19-6-3-14(10-23)11-24-19/h3,6-9,11-12,15H,4-5H2,1-2H3,(H,25,29)/t12-/m1/s1. The molecule has 2 aromatic heterocycles. The highest BCUT2D eigenvalue weighted by Crippen LogP contribution is 2.41. The Bertz CT molecular complexity index is 1110. The van der Waals surface area contributed by atoms with Crippen molar-refractivity contribution in [3.8, 4) is 11.9 Å². The second-order valence-corrected chi connectivity index (χ2v) is 7.62. The molecule has 1 amide bonds. The predicted octanol–water partition coefficient (Wildman–Crippen LogP) is 3.86. The maximum Gasteiger partial charge on any atom is 0.251 e. The van der Waals surface area contributed by atoms with Gasteiger partial charge in [-0.3, -0.25) is 4.79 Å². The molecule has 146 valence electrons. The number of benzene rings is 1. The van der Waals surface area contributed by atoms with Crippen LogP contribution in [-0.4, -0.2) is 25.7 Å². The summed E-state index contributed by atoms with van der Waals surface area (Å²) < 4.78 is 1.58. The number of carbonyl (C=O) groups excluding carboxylic acids is 1. The molecule has 29 heavy (non-hydrogen) atoms. The predicted molar refractivity (Wildman–Crippen MR) is 108 cm³/mol. The summed E-state index contributed by atoms with van der Waals surface area (Å²) in [7, 11) is 0. The molecule has 3 aromatic rings. The summed E-state index contributed by atoms with van der Waals surface area (Å²) in [5.74, 6) is 1.93. The van der Waals surface area contributed by atoms with Crippen molar-refractivity contribution in [1.82, 2.24) is 25.1 Å². The number of rotatable bonds is 5. The van der Waals surface area contributed by atoms with Crippen LogP contribution in [0.5, 0.6) is 0 Å². The third-order valence-electron chi connectivity index (χ3n) is 4.80. The van der Waals surface area contributed by atoms with E-state index in [-0.39, 0.29) is 5.91 Å². The molecule has 1 N–H and O–H groups in total. The fraction of sp³-hybridized carbons (Fsp3) is 0.286. The SMILES string of the molecule is Cc1nc([C@@H](C)NC(=O)c2cc(Cl)cc(C3CC3)c2)n(-c2ccc(C#N)cn2)n1. The maximum atomic E-state index is 12.8. The molecule has 2 heterocycles. The van der Waals surface area contributed by atoms with E-state index in [1.54, 1.807) is 29.8 Å². The van der Waals surface area contributed by atoms with Crippen LogP contribution in [0.3, 0.4) is 0 Å². The summed E-state index contributed by atoms with van der Waals surface area (Å²) in [6.07, 6.45) is 3.75. The van der Waals surface area contributed by atoms with E-state index in [4.69, 9.17) is 16.9 Å². The van der Waals surface area contributed by atoms with Crippen LogP contribution < -0.4 is 5.32 Å². The van der Waals surface area contributed by atoms with Gasteiger partial charge in [0.2, 0.25) is 0 Å². The molecule has 1 fully saturated rings. The highest BCUT2D eigenvalue weighted by molar-refractivity contribution is 6.31. The smallest absolute Gasteiger partial charge is 0.251 e. The van der Waals surface area contributed by atoms with Gasteiger partial charge in [0.15, 0.2) is 11.6 Å². The Labute approximate surface area is 173 Å². The van der Waals surface area contributed by atoms with Crippen LogP contribution in [0, 0.1) is 18.3 Å². The van der Waals surface area contributed by atoms with E-state index in [1.807, 2.05) is 25.1 Å². The van der Waals surface area contributed by atoms with Crippen molar-refractivity contribution in [3.05, 3.63) is 69.9 Å². The minimum absolute atomic E-state index is 0.220. The zero-order valence-corrected chi connectivity index (χ0v) is 16.8. The molecule has 0 unspecified atom stereocenters. The number of hydrogen-bond donors (Lipinski definition) is 1. The van der Waals surface area contributed by atoms with Crippen LogP contribution in [0.1, 0.15) is 64.9 Å². The lowest BCUT2D eigenvalue weighted by Crippen LogP contribution is -2.29. The normalized spacial score (nSPS) is 14.3. The van der Waals surface area contributed by atoms with Gasteiger partial charge in [-0.15, -0.1) is 5.10 Å². The van der Waals surface area contributed by atoms with Crippen LogP contribution in [-0.2, 0) is 0 Å². The number of nitrogens with one attached hydrogen (secondary N) is 1. The molecular formula is C21H19ClN6O. The molecule has 0 bridgehead atoms. The second-order valence-electron chi connectivity index (χ2n) is 7.19. The van der Waals surface area contributed by atoms with Gasteiger partial charge in [-0.25, -0.2) is 9.97 Å². The maximum absolute atomic E-state index is 12.8. The molecule has 0 spiro atoms. The Hall–Kier alpha value is -3.24. The zero-order chi connectivity index (χ0) is 20.5. The van der Waals surface area contributed by atoms with Crippen molar-refractivity contribution >= 4 is 17.5 Å². The first-order chi connectivity index (χ1) is 13.9. The van der Waals surface area contributed by atoms with E-state index in [2.05, 4.69) is 20.4 Å². The molecular weight excluding hydrogens is 388 g/mol. The average Bonchev–Trinajstić information content (AvgIpc) is 3.49. The number of hydrogen-bond acceptors (Lipinski definition) is 5. The van der Waals surface area contributed by atoms with Crippen LogP contribution in [0.4, 0.5) is 0 Å². The van der Waals surface area contributed by atoms with Crippen LogP contribution in [0.25, 0.3) is 5.82 Å². The molecule has 0 saturated heterocycles. The highest BCUT2D eigenvalue weighted by atomic mass is 35.5. The van der Waals surface area contributed by atoms with Crippen LogP contribution >= 0.6 is 11.6 Å². The molecule has 7 nitrogen and oxygen atoms in total. The lowest BCUT2D eigenvalue weighted by atomic mass is 10.1. The summed E-state index contributed by atoms with van der Waals surface area (Å²) in [5.41, 5.74) is 2.10. The van der Waals surface area contributed by atoms with Crippen LogP contribution in [0.2, 0.25) is 5.02 Å². The van der Waals surface area contributed by atoms with Gasteiger partial charge in [0.25, 0.3) is 5.91 Å². The summed E-state index contributed by atoms with van der Waals surface area (Å²) in [5, 5.41) is 16.9. The fourth-order valence-corrected chi connectivity index (χ4v) is 3.44. The van der Waals surface area contributed by atoms with E-state index in [0.717, 1.165) is 18.4 Å². The fourth-order valence-electron chi connectivity index (χ4n) is 3.20. The molecule has 1 saturated carbocycles. The van der Waals surface area contributed by atoms with E-state index >= 15 is 0 Å². The van der Waals surface area contributed by atoms with Gasteiger partial charge in [-0.05, 0) is 68.5 Å². The van der Waals surface area contributed by atoms with Gasteiger partial charge in [0.1, 0.15) is 11.9 Å². The number of aryl methyl sites for hydroxylation is 1. The Balaban J connectivity index is 1.58. The topological polar surface area (TPSA) is 96.5 Å². The lowest BCUT2D eigenvalue weighted by Gasteiger charge is -2.15. The largest absolute Gasteiger partial charge is 0.342 e. The Morgan fingerprint density at radius 3 is 2.79 bits per heavy atom. The van der Waals surface area contributed by atoms with Crippen molar-refractivity contribution in [3.63, 3.8) is 0 Å². The van der Waals surface area contributed by atoms with E-state index in [9.17, 15) is 4.79 Å². The van der Waals surface area contributed by atoms with Gasteiger partial charge in [-0.1, -0.05) is 11.6 Å². The van der Waals surface area contributed by atoms with E-state index in [0.29, 0.717) is 39.5 Å². The summed E-state index contributed by atoms with van der Waals surface area (Å²) in [4.78, 5) is 21.6. The van der Waals surface area contributed by atoms with Crippen molar-refractivity contribution < 1.29 is 4.79 Å². The Kier molecular flexibility index (Phi) is 5.03. The third-order valence-corrected chi connectivity index (χ3v) is 5.02. The van der Waals surface area contributed by atoms with Crippen molar-refractivity contribution in [2.45, 2.75) is 38.6 Å². The molecule has 0 aliphatic heterocycles. The van der Waals surface area contributed by atoms with E-state index in [1.165, 1.54) is 6.20 Å². The number of halogens is 1. The first-order valence-corrected chi connectivity index (χ1v) is 9.74. The number of aromatic nitrogens is 4. The summed E-state index contributed by atoms with van der Waals surface area (Å²) in [6.45, 7) is 3.62. The molecule has 4 rings (SSSR count). The summed E-state index contributed by atoms with van der Waals surface area (Å²) >= 11 is 6.22. The average molecular weight is 407 g/mol. The highest BCUT2D eigenvalue weighted by Gasteiger charge is 2.25. The second kappa shape index (κ2) is 7.64. The Morgan fingerprint density at radius 2 is 2.14 bits per heavy atom. The number of nitrogens with zero attached hydrogens (tertiary/aromatic N) is 5. The van der Waals surface area contributed by atoms with Crippen molar-refractivity contribution in [2.75, 3.05) is 0 Å². The monoisotopic (exact) mass is 406 g/mol. The minimum atomic E-state index is -0.413. The molecule has 1 aliphatic rings. The summed E-state index contributed by atoms with van der Waals surface area (Å²) in [6, 6.07) is 10.5. The van der Waals surface area contributed by atoms with Gasteiger partial charge in [0.05, 0.1) is 11.6 Å². The Morgan fingerprint density at radius 1 is 1.34 bits per heavy atom. The quantitative estimate of drug-likeness (QED) is 0.693. The number of pyridine rings is 1. The van der Waals surface area contributed by atoms with Gasteiger partial charge >= 0.3 is 0 Å². The third kappa shape index (κ3) is 4.13. The molecule has 0 radical (unpaired) electrons. The van der Waals surface area contributed by atoms with E-state index < -0.39 is 6.04 Å². The minimum Gasteiger partial charge on any atom is -0.342 e. The van der Waals surface area contributed by atoms with Crippen molar-refractivity contribution in [1.29, 1.82) is 5.26 Å². The molecule has 1 aromatic carbocycles. The number of nitriles is 1.